The molecule has 2 amide bonds. The van der Waals surface area contributed by atoms with Crippen LogP contribution in [-0.4, -0.2) is 29.5 Å². The number of hydrogen-bond acceptors (Lipinski definition) is 4. The Balaban J connectivity index is 2.45. The summed E-state index contributed by atoms with van der Waals surface area (Å²) in [6, 6.07) is 3.37. The van der Waals surface area contributed by atoms with Gasteiger partial charge in [-0.3, -0.25) is 14.9 Å². The topological polar surface area (TPSA) is 69.6 Å². The van der Waals surface area contributed by atoms with Crippen LogP contribution in [0, 0.1) is 5.82 Å². The number of aliphatic hydroxyl groups excluding tert-OH is 1. The van der Waals surface area contributed by atoms with Gasteiger partial charge < -0.3 is 10.0 Å². The van der Waals surface area contributed by atoms with Crippen molar-refractivity contribution in [2.75, 3.05) is 11.4 Å². The van der Waals surface area contributed by atoms with Crippen LogP contribution in [0.4, 0.5) is 10.1 Å². The molecule has 0 aliphatic carbocycles. The van der Waals surface area contributed by atoms with E-state index in [0.717, 1.165) is 0 Å². The third-order valence-electron chi connectivity index (χ3n) is 3.17. The van der Waals surface area contributed by atoms with Crippen molar-refractivity contribution >= 4 is 17.5 Å². The van der Waals surface area contributed by atoms with Crippen LogP contribution in [0.15, 0.2) is 18.2 Å². The molecule has 6 heteroatoms. The maximum Gasteiger partial charge on any atom is 0.249 e. The van der Waals surface area contributed by atoms with Crippen molar-refractivity contribution in [2.24, 2.45) is 0 Å². The minimum Gasteiger partial charge on any atom is -0.389 e. The summed E-state index contributed by atoms with van der Waals surface area (Å²) in [5, 5.41) is 11.9. The average molecular weight is 266 g/mol. The van der Waals surface area contributed by atoms with Crippen LogP contribution in [0.2, 0.25) is 0 Å². The number of carbonyl (C=O) groups excluding carboxylic acids is 2. The number of piperazine rings is 1. The molecule has 0 saturated carbocycles. The highest BCUT2D eigenvalue weighted by molar-refractivity contribution is 6.04. The van der Waals surface area contributed by atoms with Crippen molar-refractivity contribution in [2.45, 2.75) is 26.0 Å². The molecule has 1 aromatic carbocycles. The Bertz CT molecular complexity index is 531. The van der Waals surface area contributed by atoms with Gasteiger partial charge in [0.1, 0.15) is 11.9 Å². The van der Waals surface area contributed by atoms with E-state index in [9.17, 15) is 19.1 Å². The molecule has 0 bridgehead atoms. The lowest BCUT2D eigenvalue weighted by Crippen LogP contribution is -2.57. The van der Waals surface area contributed by atoms with E-state index in [1.807, 2.05) is 0 Å². The van der Waals surface area contributed by atoms with Crippen LogP contribution in [0.25, 0.3) is 0 Å². The minimum atomic E-state index is -0.891. The first-order valence-electron chi connectivity index (χ1n) is 5.98. The number of imide groups is 1. The quantitative estimate of drug-likeness (QED) is 0.774. The van der Waals surface area contributed by atoms with Crippen LogP contribution in [0.1, 0.15) is 25.5 Å². The first-order chi connectivity index (χ1) is 8.90. The largest absolute Gasteiger partial charge is 0.389 e. The van der Waals surface area contributed by atoms with E-state index in [1.165, 1.54) is 25.1 Å². The zero-order valence-electron chi connectivity index (χ0n) is 10.7. The van der Waals surface area contributed by atoms with E-state index in [-0.39, 0.29) is 6.54 Å². The van der Waals surface area contributed by atoms with Crippen molar-refractivity contribution < 1.29 is 19.1 Å². The summed E-state index contributed by atoms with van der Waals surface area (Å²) in [7, 11) is 0. The van der Waals surface area contributed by atoms with E-state index in [2.05, 4.69) is 5.32 Å². The van der Waals surface area contributed by atoms with Gasteiger partial charge in [0.2, 0.25) is 11.8 Å². The van der Waals surface area contributed by atoms with Gasteiger partial charge in [0, 0.05) is 11.3 Å². The summed E-state index contributed by atoms with van der Waals surface area (Å²) in [5.41, 5.74) is 0.849. The predicted octanol–water partition coefficient (Wildman–Crippen LogP) is 0.730. The van der Waals surface area contributed by atoms with Crippen molar-refractivity contribution in [3.8, 4) is 0 Å². The highest BCUT2D eigenvalue weighted by atomic mass is 19.1. The fraction of sp³-hybridized carbons (Fsp3) is 0.385. The zero-order valence-corrected chi connectivity index (χ0v) is 10.7. The Labute approximate surface area is 110 Å². The van der Waals surface area contributed by atoms with Gasteiger partial charge in [-0.15, -0.1) is 0 Å². The summed E-state index contributed by atoms with van der Waals surface area (Å²) < 4.78 is 13.2. The number of carbonyl (C=O) groups is 2. The summed E-state index contributed by atoms with van der Waals surface area (Å²) >= 11 is 0. The number of anilines is 1. The molecule has 2 N–H and O–H groups in total. The van der Waals surface area contributed by atoms with Gasteiger partial charge in [0.05, 0.1) is 12.6 Å². The molecule has 0 radical (unpaired) electrons. The number of halogens is 1. The monoisotopic (exact) mass is 266 g/mol. The molecule has 2 atom stereocenters. The average Bonchev–Trinajstić information content (AvgIpc) is 2.34. The van der Waals surface area contributed by atoms with Gasteiger partial charge in [-0.25, -0.2) is 4.39 Å². The Morgan fingerprint density at radius 1 is 1.47 bits per heavy atom. The molecule has 1 aromatic rings. The van der Waals surface area contributed by atoms with Crippen LogP contribution >= 0.6 is 0 Å². The molecule has 5 nitrogen and oxygen atoms in total. The lowest BCUT2D eigenvalue weighted by atomic mass is 10.0. The molecular weight excluding hydrogens is 251 g/mol. The molecule has 1 fully saturated rings. The smallest absolute Gasteiger partial charge is 0.249 e. The standard InChI is InChI=1S/C13H15FN2O3/c1-7-13(19)15-12(18)6-16(7)11-4-3-9(14)5-10(11)8(2)17/h3-5,7-8,17H,6H2,1-2H3,(H,15,18,19)/t7?,8-/m1/s1. The van der Waals surface area contributed by atoms with Gasteiger partial charge in [0.15, 0.2) is 0 Å². The molecule has 1 heterocycles. The second kappa shape index (κ2) is 4.97. The summed E-state index contributed by atoms with van der Waals surface area (Å²) in [5.74, 6) is -1.29. The summed E-state index contributed by atoms with van der Waals surface area (Å²) in [6.07, 6.45) is -0.891. The normalized spacial score (nSPS) is 21.3. The van der Waals surface area contributed by atoms with Crippen LogP contribution < -0.4 is 10.2 Å². The fourth-order valence-corrected chi connectivity index (χ4v) is 2.13. The fourth-order valence-electron chi connectivity index (χ4n) is 2.13. The lowest BCUT2D eigenvalue weighted by Gasteiger charge is -2.35. The molecule has 2 rings (SSSR count). The second-order valence-corrected chi connectivity index (χ2v) is 4.60. The molecule has 19 heavy (non-hydrogen) atoms. The highest BCUT2D eigenvalue weighted by Crippen LogP contribution is 2.29. The van der Waals surface area contributed by atoms with Gasteiger partial charge >= 0.3 is 0 Å². The van der Waals surface area contributed by atoms with Crippen molar-refractivity contribution in [1.82, 2.24) is 5.32 Å². The third kappa shape index (κ3) is 2.58. The second-order valence-electron chi connectivity index (χ2n) is 4.60. The molecule has 1 saturated heterocycles. The summed E-state index contributed by atoms with van der Waals surface area (Å²) in [6.45, 7) is 3.16. The lowest BCUT2D eigenvalue weighted by molar-refractivity contribution is -0.132. The first-order valence-corrected chi connectivity index (χ1v) is 5.98. The molecule has 102 valence electrons. The van der Waals surface area contributed by atoms with Crippen molar-refractivity contribution in [1.29, 1.82) is 0 Å². The Morgan fingerprint density at radius 3 is 2.79 bits per heavy atom. The third-order valence-corrected chi connectivity index (χ3v) is 3.17. The van der Waals surface area contributed by atoms with Gasteiger partial charge in [-0.1, -0.05) is 0 Å². The van der Waals surface area contributed by atoms with E-state index in [4.69, 9.17) is 0 Å². The SMILES string of the molecule is CC1C(=O)NC(=O)CN1c1ccc(F)cc1[C@@H](C)O. The van der Waals surface area contributed by atoms with Crippen LogP contribution in [-0.2, 0) is 9.59 Å². The molecule has 1 aliphatic rings. The maximum absolute atomic E-state index is 13.2. The van der Waals surface area contributed by atoms with Crippen molar-refractivity contribution in [3.63, 3.8) is 0 Å². The summed E-state index contributed by atoms with van der Waals surface area (Å²) in [4.78, 5) is 24.6. The zero-order chi connectivity index (χ0) is 14.2. The van der Waals surface area contributed by atoms with E-state index >= 15 is 0 Å². The number of amides is 2. The molecular formula is C13H15FN2O3. The van der Waals surface area contributed by atoms with E-state index in [1.54, 1.807) is 11.8 Å². The minimum absolute atomic E-state index is 0.00173. The van der Waals surface area contributed by atoms with E-state index < -0.39 is 29.8 Å². The van der Waals surface area contributed by atoms with E-state index in [0.29, 0.717) is 11.3 Å². The van der Waals surface area contributed by atoms with Gasteiger partial charge in [0.25, 0.3) is 0 Å². The number of hydrogen-bond donors (Lipinski definition) is 2. The van der Waals surface area contributed by atoms with Gasteiger partial charge in [-0.2, -0.15) is 0 Å². The number of nitrogens with zero attached hydrogens (tertiary/aromatic N) is 1. The molecule has 1 unspecified atom stereocenters. The number of aliphatic hydroxyl groups is 1. The number of rotatable bonds is 2. The molecule has 0 aromatic heterocycles. The maximum atomic E-state index is 13.2. The van der Waals surface area contributed by atoms with Crippen LogP contribution in [0.5, 0.6) is 0 Å². The molecule has 0 spiro atoms. The Kier molecular flexibility index (Phi) is 3.53. The first kappa shape index (κ1) is 13.5. The van der Waals surface area contributed by atoms with Crippen molar-refractivity contribution in [3.05, 3.63) is 29.6 Å². The predicted molar refractivity (Wildman–Crippen MR) is 67.0 cm³/mol. The van der Waals surface area contributed by atoms with Gasteiger partial charge in [-0.05, 0) is 32.0 Å². The molecule has 1 aliphatic heterocycles. The number of benzene rings is 1. The Morgan fingerprint density at radius 2 is 2.16 bits per heavy atom. The Hall–Kier alpha value is -1.95. The number of nitrogens with one attached hydrogen (secondary N) is 1. The van der Waals surface area contributed by atoms with Crippen LogP contribution in [0.3, 0.4) is 0 Å². The highest BCUT2D eigenvalue weighted by Gasteiger charge is 2.32.